The number of nitrogens with one attached hydrogen (secondary N) is 1. The first kappa shape index (κ1) is 15.8. The Kier molecular flexibility index (Phi) is 5.53. The molecule has 0 radical (unpaired) electrons. The molecule has 0 heterocycles. The minimum atomic E-state index is -1.11. The molecule has 0 saturated heterocycles. The van der Waals surface area contributed by atoms with Gasteiger partial charge in [-0.15, -0.1) is 4.72 Å². The fourth-order valence-corrected chi connectivity index (χ4v) is 2.81. The van der Waals surface area contributed by atoms with E-state index in [2.05, 4.69) is 18.6 Å². The summed E-state index contributed by atoms with van der Waals surface area (Å²) in [7, 11) is 0. The van der Waals surface area contributed by atoms with Gasteiger partial charge >= 0.3 is 0 Å². The molecule has 0 spiro atoms. The molecule has 2 nitrogen and oxygen atoms in total. The van der Waals surface area contributed by atoms with Gasteiger partial charge < -0.3 is 4.55 Å². The van der Waals surface area contributed by atoms with Gasteiger partial charge in [-0.3, -0.25) is 0 Å². The molecule has 2 atom stereocenters. The first-order chi connectivity index (χ1) is 8.23. The molecule has 0 aliphatic heterocycles. The summed E-state index contributed by atoms with van der Waals surface area (Å²) >= 11 is 5.12. The first-order valence-electron chi connectivity index (χ1n) is 6.16. The van der Waals surface area contributed by atoms with E-state index in [9.17, 15) is 4.55 Å². The van der Waals surface area contributed by atoms with Crippen LogP contribution in [0.2, 0.25) is 5.02 Å². The van der Waals surface area contributed by atoms with Crippen molar-refractivity contribution in [2.24, 2.45) is 5.92 Å². The molecule has 0 aromatic heterocycles. The summed E-state index contributed by atoms with van der Waals surface area (Å²) in [6, 6.07) is 7.72. The molecule has 0 fully saturated rings. The van der Waals surface area contributed by atoms with Crippen LogP contribution in [0.1, 0.15) is 46.2 Å². The van der Waals surface area contributed by atoms with Crippen molar-refractivity contribution in [2.75, 3.05) is 0 Å². The predicted molar refractivity (Wildman–Crippen MR) is 80.1 cm³/mol. The zero-order chi connectivity index (χ0) is 13.9. The molecule has 0 bridgehead atoms. The lowest BCUT2D eigenvalue weighted by Gasteiger charge is -2.30. The van der Waals surface area contributed by atoms with E-state index in [-0.39, 0.29) is 10.8 Å². The standard InChI is InChI=1S/C14H22ClNOS/c1-10(2)13(16-18(17)14(3,4)5)11-8-6-7-9-12(11)15/h6-10,13,16H,1-5H3/t13-,18?/m0/s1. The third-order valence-corrected chi connectivity index (χ3v) is 4.62. The molecule has 1 aromatic rings. The lowest BCUT2D eigenvalue weighted by Crippen LogP contribution is -2.42. The second kappa shape index (κ2) is 6.29. The van der Waals surface area contributed by atoms with Gasteiger partial charge in [0, 0.05) is 16.4 Å². The molecule has 0 amide bonds. The summed E-state index contributed by atoms with van der Waals surface area (Å²) < 4.78 is 15.1. The van der Waals surface area contributed by atoms with Crippen molar-refractivity contribution in [1.82, 2.24) is 4.72 Å². The van der Waals surface area contributed by atoms with Crippen LogP contribution in [0.15, 0.2) is 24.3 Å². The summed E-state index contributed by atoms with van der Waals surface area (Å²) in [4.78, 5) is 0. The normalized spacial score (nSPS) is 15.8. The molecule has 0 aliphatic carbocycles. The minimum Gasteiger partial charge on any atom is -0.598 e. The second-order valence-electron chi connectivity index (χ2n) is 5.74. The summed E-state index contributed by atoms with van der Waals surface area (Å²) in [5.74, 6) is 0.316. The molecule has 0 aliphatic rings. The van der Waals surface area contributed by atoms with Crippen LogP contribution < -0.4 is 4.72 Å². The van der Waals surface area contributed by atoms with Gasteiger partial charge in [0.05, 0.1) is 6.04 Å². The number of hydrogen-bond acceptors (Lipinski definition) is 2. The first-order valence-corrected chi connectivity index (χ1v) is 7.68. The Balaban J connectivity index is 2.95. The number of benzene rings is 1. The Bertz CT molecular complexity index is 390. The highest BCUT2D eigenvalue weighted by atomic mass is 35.5. The highest BCUT2D eigenvalue weighted by molar-refractivity contribution is 7.90. The van der Waals surface area contributed by atoms with Crippen LogP contribution in [0.25, 0.3) is 0 Å². The monoisotopic (exact) mass is 287 g/mol. The zero-order valence-electron chi connectivity index (χ0n) is 11.7. The highest BCUT2D eigenvalue weighted by Gasteiger charge is 2.31. The fourth-order valence-electron chi connectivity index (χ4n) is 1.58. The van der Waals surface area contributed by atoms with E-state index < -0.39 is 11.4 Å². The summed E-state index contributed by atoms with van der Waals surface area (Å²) in [5.41, 5.74) is 1.01. The largest absolute Gasteiger partial charge is 0.598 e. The molecular formula is C14H22ClNOS. The van der Waals surface area contributed by atoms with Crippen LogP contribution in [-0.4, -0.2) is 9.30 Å². The van der Waals surface area contributed by atoms with E-state index >= 15 is 0 Å². The van der Waals surface area contributed by atoms with E-state index in [4.69, 9.17) is 11.6 Å². The average Bonchev–Trinajstić information content (AvgIpc) is 2.25. The van der Waals surface area contributed by atoms with E-state index in [1.54, 1.807) is 0 Å². The number of halogens is 1. The summed E-state index contributed by atoms with van der Waals surface area (Å²) in [6.45, 7) is 10.1. The van der Waals surface area contributed by atoms with Crippen molar-refractivity contribution < 1.29 is 4.55 Å². The van der Waals surface area contributed by atoms with Gasteiger partial charge in [0.15, 0.2) is 0 Å². The van der Waals surface area contributed by atoms with E-state index in [0.29, 0.717) is 5.92 Å². The van der Waals surface area contributed by atoms with Gasteiger partial charge in [0.25, 0.3) is 0 Å². The molecule has 1 unspecified atom stereocenters. The van der Waals surface area contributed by atoms with Crippen LogP contribution >= 0.6 is 11.6 Å². The van der Waals surface area contributed by atoms with Gasteiger partial charge in [-0.05, 0) is 38.3 Å². The molecule has 0 saturated carbocycles. The summed E-state index contributed by atoms with van der Waals surface area (Å²) in [6.07, 6.45) is 0. The maximum Gasteiger partial charge on any atom is 0.136 e. The van der Waals surface area contributed by atoms with Gasteiger partial charge in [-0.1, -0.05) is 43.6 Å². The van der Waals surface area contributed by atoms with E-state index in [0.717, 1.165) is 10.6 Å². The van der Waals surface area contributed by atoms with Crippen LogP contribution in [-0.2, 0) is 11.4 Å². The molecule has 18 heavy (non-hydrogen) atoms. The third kappa shape index (κ3) is 4.16. The Labute approximate surface area is 118 Å². The van der Waals surface area contributed by atoms with Crippen molar-refractivity contribution in [3.63, 3.8) is 0 Å². The quantitative estimate of drug-likeness (QED) is 0.847. The second-order valence-corrected chi connectivity index (χ2v) is 8.15. The molecular weight excluding hydrogens is 266 g/mol. The van der Waals surface area contributed by atoms with Crippen molar-refractivity contribution in [1.29, 1.82) is 0 Å². The lowest BCUT2D eigenvalue weighted by molar-refractivity contribution is 0.452. The number of rotatable bonds is 4. The molecule has 1 aromatic carbocycles. The van der Waals surface area contributed by atoms with Crippen LogP contribution in [0.4, 0.5) is 0 Å². The number of hydrogen-bond donors (Lipinski definition) is 1. The van der Waals surface area contributed by atoms with Crippen LogP contribution in [0.3, 0.4) is 0 Å². The molecule has 1 rings (SSSR count). The fraction of sp³-hybridized carbons (Fsp3) is 0.571. The SMILES string of the molecule is CC(C)[C@H](N[S+]([O-])C(C)(C)C)c1ccccc1Cl. The molecule has 1 N–H and O–H groups in total. The molecule has 4 heteroatoms. The topological polar surface area (TPSA) is 35.1 Å². The Morgan fingerprint density at radius 2 is 1.78 bits per heavy atom. The maximum absolute atomic E-state index is 12.2. The van der Waals surface area contributed by atoms with Crippen molar-refractivity contribution in [3.05, 3.63) is 34.9 Å². The van der Waals surface area contributed by atoms with Crippen molar-refractivity contribution in [3.8, 4) is 0 Å². The lowest BCUT2D eigenvalue weighted by atomic mass is 9.97. The van der Waals surface area contributed by atoms with Gasteiger partial charge in [0.2, 0.25) is 0 Å². The Morgan fingerprint density at radius 3 is 2.22 bits per heavy atom. The Hall–Kier alpha value is -0.220. The molecule has 102 valence electrons. The van der Waals surface area contributed by atoms with Gasteiger partial charge in [0.1, 0.15) is 4.75 Å². The van der Waals surface area contributed by atoms with Gasteiger partial charge in [-0.2, -0.15) is 0 Å². The average molecular weight is 288 g/mol. The van der Waals surface area contributed by atoms with Crippen LogP contribution in [0.5, 0.6) is 0 Å². The van der Waals surface area contributed by atoms with Crippen molar-refractivity contribution in [2.45, 2.75) is 45.4 Å². The minimum absolute atomic E-state index is 0.00115. The van der Waals surface area contributed by atoms with E-state index in [1.165, 1.54) is 0 Å². The van der Waals surface area contributed by atoms with Crippen LogP contribution in [0, 0.1) is 5.92 Å². The Morgan fingerprint density at radius 1 is 1.22 bits per heavy atom. The zero-order valence-corrected chi connectivity index (χ0v) is 13.2. The third-order valence-electron chi connectivity index (χ3n) is 2.70. The maximum atomic E-state index is 12.2. The highest BCUT2D eigenvalue weighted by Crippen LogP contribution is 2.30. The van der Waals surface area contributed by atoms with Gasteiger partial charge in [-0.25, -0.2) is 0 Å². The predicted octanol–water partition coefficient (Wildman–Crippen LogP) is 4.09. The smallest absolute Gasteiger partial charge is 0.136 e. The van der Waals surface area contributed by atoms with E-state index in [1.807, 2.05) is 45.0 Å². The van der Waals surface area contributed by atoms with Crippen molar-refractivity contribution >= 4 is 23.0 Å². The summed E-state index contributed by atoms with van der Waals surface area (Å²) in [5, 5.41) is 0.717.